The largest absolute Gasteiger partial charge is 0.115 e. The van der Waals surface area contributed by atoms with Gasteiger partial charge in [0.25, 0.3) is 0 Å². The summed E-state index contributed by atoms with van der Waals surface area (Å²) in [7, 11) is 0. The first-order valence-electron chi connectivity index (χ1n) is 3.36. The molecule has 0 aromatic carbocycles. The molecule has 0 aliphatic carbocycles. The van der Waals surface area contributed by atoms with Crippen molar-refractivity contribution in [2.24, 2.45) is 0 Å². The van der Waals surface area contributed by atoms with Crippen molar-refractivity contribution in [3.8, 4) is 12.3 Å². The van der Waals surface area contributed by atoms with E-state index in [2.05, 4.69) is 18.9 Å². The Balaban J connectivity index is 3.49. The summed E-state index contributed by atoms with van der Waals surface area (Å²) in [6.45, 7) is 2.10. The van der Waals surface area contributed by atoms with Crippen LogP contribution < -0.4 is 0 Å². The average molecular weight is 132 g/mol. The lowest BCUT2D eigenvalue weighted by Gasteiger charge is -1.72. The molecule has 10 heavy (non-hydrogen) atoms. The average Bonchev–Trinajstić information content (AvgIpc) is 1.97. The van der Waals surface area contributed by atoms with Gasteiger partial charge in [0.05, 0.1) is 0 Å². The molecule has 0 rings (SSSR count). The number of terminal acetylenes is 1. The highest BCUT2D eigenvalue weighted by molar-refractivity contribution is 5.18. The predicted molar refractivity (Wildman–Crippen MR) is 46.5 cm³/mol. The standard InChI is InChI=1S/C10H12/c1-3-5-7-9-10-8-6-4-2/h1,5-10H,4H2,2H3. The molecular formula is C10H12. The highest BCUT2D eigenvalue weighted by atomic mass is 13.7. The van der Waals surface area contributed by atoms with Crippen LogP contribution in [0, 0.1) is 12.3 Å². The van der Waals surface area contributed by atoms with Gasteiger partial charge in [-0.3, -0.25) is 0 Å². The summed E-state index contributed by atoms with van der Waals surface area (Å²) in [4.78, 5) is 0. The summed E-state index contributed by atoms with van der Waals surface area (Å²) >= 11 is 0. The van der Waals surface area contributed by atoms with Crippen LogP contribution in [0.3, 0.4) is 0 Å². The fraction of sp³-hybridized carbons (Fsp3) is 0.200. The van der Waals surface area contributed by atoms with Crippen molar-refractivity contribution in [3.05, 3.63) is 36.5 Å². The van der Waals surface area contributed by atoms with Crippen LogP contribution in [0.5, 0.6) is 0 Å². The molecular weight excluding hydrogens is 120 g/mol. The summed E-state index contributed by atoms with van der Waals surface area (Å²) in [6.07, 6.45) is 17.5. The Labute approximate surface area is 63.0 Å². The lowest BCUT2D eigenvalue weighted by Crippen LogP contribution is -1.51. The monoisotopic (exact) mass is 132 g/mol. The Bertz CT molecular complexity index is 175. The summed E-state index contributed by atoms with van der Waals surface area (Å²) in [6, 6.07) is 0. The minimum absolute atomic E-state index is 1.07. The van der Waals surface area contributed by atoms with Crippen molar-refractivity contribution in [3.63, 3.8) is 0 Å². The van der Waals surface area contributed by atoms with Crippen molar-refractivity contribution in [1.82, 2.24) is 0 Å². The second-order valence-electron chi connectivity index (χ2n) is 1.75. The van der Waals surface area contributed by atoms with E-state index in [-0.39, 0.29) is 0 Å². The fourth-order valence-electron chi connectivity index (χ4n) is 0.454. The van der Waals surface area contributed by atoms with Crippen molar-refractivity contribution in [2.45, 2.75) is 13.3 Å². The molecule has 0 atom stereocenters. The quantitative estimate of drug-likeness (QED) is 0.409. The molecule has 0 heteroatoms. The van der Waals surface area contributed by atoms with Crippen LogP contribution >= 0.6 is 0 Å². The van der Waals surface area contributed by atoms with Gasteiger partial charge >= 0.3 is 0 Å². The molecule has 0 saturated carbocycles. The van der Waals surface area contributed by atoms with E-state index in [0.29, 0.717) is 0 Å². The SMILES string of the molecule is C#CC=CC=CC=CCC. The second kappa shape index (κ2) is 7.78. The Morgan fingerprint density at radius 3 is 2.50 bits per heavy atom. The first-order valence-corrected chi connectivity index (χ1v) is 3.36. The maximum Gasteiger partial charge on any atom is -0.0122 e. The van der Waals surface area contributed by atoms with Gasteiger partial charge in [-0.25, -0.2) is 0 Å². The topological polar surface area (TPSA) is 0 Å². The second-order valence-corrected chi connectivity index (χ2v) is 1.75. The molecule has 0 unspecified atom stereocenters. The van der Waals surface area contributed by atoms with Gasteiger partial charge in [0.1, 0.15) is 0 Å². The molecule has 52 valence electrons. The summed E-state index contributed by atoms with van der Waals surface area (Å²) < 4.78 is 0. The van der Waals surface area contributed by atoms with Gasteiger partial charge in [0.2, 0.25) is 0 Å². The van der Waals surface area contributed by atoms with Gasteiger partial charge in [0, 0.05) is 0 Å². The van der Waals surface area contributed by atoms with Crippen LogP contribution in [0.4, 0.5) is 0 Å². The van der Waals surface area contributed by atoms with E-state index >= 15 is 0 Å². The first-order chi connectivity index (χ1) is 4.91. The Hall–Kier alpha value is -1.22. The molecule has 0 fully saturated rings. The Morgan fingerprint density at radius 1 is 1.20 bits per heavy atom. The summed E-state index contributed by atoms with van der Waals surface area (Å²) in [5.74, 6) is 2.40. The Morgan fingerprint density at radius 2 is 1.90 bits per heavy atom. The van der Waals surface area contributed by atoms with Gasteiger partial charge < -0.3 is 0 Å². The third-order valence-electron chi connectivity index (χ3n) is 0.898. The number of allylic oxidation sites excluding steroid dienone is 6. The van der Waals surface area contributed by atoms with Crippen LogP contribution in [-0.4, -0.2) is 0 Å². The van der Waals surface area contributed by atoms with Crippen LogP contribution in [0.25, 0.3) is 0 Å². The molecule has 0 radical (unpaired) electrons. The van der Waals surface area contributed by atoms with Crippen LogP contribution in [-0.2, 0) is 0 Å². The van der Waals surface area contributed by atoms with Gasteiger partial charge in [-0.05, 0) is 12.5 Å². The zero-order valence-electron chi connectivity index (χ0n) is 6.25. The zero-order chi connectivity index (χ0) is 7.66. The van der Waals surface area contributed by atoms with Gasteiger partial charge in [-0.1, -0.05) is 43.2 Å². The van der Waals surface area contributed by atoms with Crippen LogP contribution in [0.15, 0.2) is 36.5 Å². The van der Waals surface area contributed by atoms with Crippen molar-refractivity contribution >= 4 is 0 Å². The van der Waals surface area contributed by atoms with E-state index in [1.807, 2.05) is 24.3 Å². The molecule has 0 aliphatic heterocycles. The van der Waals surface area contributed by atoms with E-state index in [0.717, 1.165) is 6.42 Å². The summed E-state index contributed by atoms with van der Waals surface area (Å²) in [5.41, 5.74) is 0. The minimum atomic E-state index is 1.07. The fourth-order valence-corrected chi connectivity index (χ4v) is 0.454. The highest BCUT2D eigenvalue weighted by Crippen LogP contribution is 1.82. The number of hydrogen-bond donors (Lipinski definition) is 0. The van der Waals surface area contributed by atoms with Gasteiger partial charge in [-0.15, -0.1) is 6.42 Å². The summed E-state index contributed by atoms with van der Waals surface area (Å²) in [5, 5.41) is 0. The molecule has 0 nitrogen and oxygen atoms in total. The highest BCUT2D eigenvalue weighted by Gasteiger charge is 1.61. The van der Waals surface area contributed by atoms with Gasteiger partial charge in [-0.2, -0.15) is 0 Å². The predicted octanol–water partition coefficient (Wildman–Crippen LogP) is 2.70. The normalized spacial score (nSPS) is 11.6. The molecule has 0 aromatic rings. The van der Waals surface area contributed by atoms with Crippen molar-refractivity contribution < 1.29 is 0 Å². The molecule has 0 saturated heterocycles. The van der Waals surface area contributed by atoms with E-state index in [9.17, 15) is 0 Å². The maximum absolute atomic E-state index is 4.98. The van der Waals surface area contributed by atoms with Gasteiger partial charge in [0.15, 0.2) is 0 Å². The minimum Gasteiger partial charge on any atom is -0.115 e. The van der Waals surface area contributed by atoms with Crippen molar-refractivity contribution in [1.29, 1.82) is 0 Å². The van der Waals surface area contributed by atoms with E-state index in [1.54, 1.807) is 6.08 Å². The molecule has 0 bridgehead atoms. The molecule has 0 aromatic heterocycles. The number of hydrogen-bond acceptors (Lipinski definition) is 0. The first kappa shape index (κ1) is 8.78. The molecule has 0 aliphatic rings. The van der Waals surface area contributed by atoms with E-state index in [4.69, 9.17) is 6.42 Å². The maximum atomic E-state index is 4.98. The lowest BCUT2D eigenvalue weighted by molar-refractivity contribution is 1.22. The third kappa shape index (κ3) is 6.78. The third-order valence-corrected chi connectivity index (χ3v) is 0.898. The van der Waals surface area contributed by atoms with E-state index < -0.39 is 0 Å². The van der Waals surface area contributed by atoms with Crippen LogP contribution in [0.2, 0.25) is 0 Å². The van der Waals surface area contributed by atoms with Crippen molar-refractivity contribution in [2.75, 3.05) is 0 Å². The Kier molecular flexibility index (Phi) is 6.83. The lowest BCUT2D eigenvalue weighted by atomic mass is 10.3. The zero-order valence-corrected chi connectivity index (χ0v) is 6.25. The smallest absolute Gasteiger partial charge is 0.0122 e. The molecule has 0 N–H and O–H groups in total. The molecule has 0 amide bonds. The van der Waals surface area contributed by atoms with E-state index in [1.165, 1.54) is 0 Å². The van der Waals surface area contributed by atoms with Crippen LogP contribution in [0.1, 0.15) is 13.3 Å². The molecule has 0 spiro atoms. The molecule has 0 heterocycles. The number of rotatable bonds is 3.